The van der Waals surface area contributed by atoms with Gasteiger partial charge in [-0.25, -0.2) is 18.1 Å². The smallest absolute Gasteiger partial charge is 0.244 e. The van der Waals surface area contributed by atoms with Gasteiger partial charge in [0.05, 0.1) is 0 Å². The van der Waals surface area contributed by atoms with Crippen molar-refractivity contribution in [3.63, 3.8) is 0 Å². The molecular weight excluding hydrogens is 282 g/mol. The summed E-state index contributed by atoms with van der Waals surface area (Å²) in [7, 11) is -3.48. The number of unbranched alkanes of at least 4 members (excludes halogenated alkanes) is 1. The number of aromatic nitrogens is 1. The van der Waals surface area contributed by atoms with Crippen molar-refractivity contribution in [3.8, 4) is 0 Å². The van der Waals surface area contributed by atoms with E-state index in [1.54, 1.807) is 30.1 Å². The Labute approximate surface area is 119 Å². The number of rotatable bonds is 9. The Morgan fingerprint density at radius 3 is 2.84 bits per heavy atom. The van der Waals surface area contributed by atoms with Gasteiger partial charge in [0.15, 0.2) is 0 Å². The van der Waals surface area contributed by atoms with Crippen LogP contribution in [0.3, 0.4) is 0 Å². The van der Waals surface area contributed by atoms with Gasteiger partial charge >= 0.3 is 0 Å². The second kappa shape index (κ2) is 8.39. The van der Waals surface area contributed by atoms with E-state index >= 15 is 0 Å². The number of anilines is 1. The molecule has 0 unspecified atom stereocenters. The van der Waals surface area contributed by atoms with Crippen molar-refractivity contribution < 1.29 is 8.42 Å². The molecule has 108 valence electrons. The number of pyridine rings is 1. The summed E-state index contributed by atoms with van der Waals surface area (Å²) in [6, 6.07) is 3.19. The first-order chi connectivity index (χ1) is 9.11. The van der Waals surface area contributed by atoms with E-state index in [0.29, 0.717) is 18.9 Å². The first-order valence-electron chi connectivity index (χ1n) is 6.29. The summed E-state index contributed by atoms with van der Waals surface area (Å²) < 4.78 is 26.9. The molecule has 0 saturated heterocycles. The Bertz CT molecular complexity index is 478. The Balaban J connectivity index is 2.66. The minimum Gasteiger partial charge on any atom is -0.369 e. The van der Waals surface area contributed by atoms with Crippen molar-refractivity contribution in [3.05, 3.63) is 18.3 Å². The second-order valence-corrected chi connectivity index (χ2v) is 6.70. The normalized spacial score (nSPS) is 11.5. The molecule has 0 aliphatic rings. The molecule has 0 aromatic carbocycles. The predicted molar refractivity (Wildman–Crippen MR) is 81.2 cm³/mol. The van der Waals surface area contributed by atoms with E-state index in [9.17, 15) is 8.42 Å². The van der Waals surface area contributed by atoms with Crippen molar-refractivity contribution in [1.29, 1.82) is 0 Å². The minimum atomic E-state index is -3.48. The van der Waals surface area contributed by atoms with Gasteiger partial charge in [0.2, 0.25) is 10.0 Å². The Hall–Kier alpha value is -0.790. The quantitative estimate of drug-likeness (QED) is 0.682. The summed E-state index contributed by atoms with van der Waals surface area (Å²) in [6.45, 7) is 3.00. The third kappa shape index (κ3) is 5.38. The molecule has 1 aromatic rings. The van der Waals surface area contributed by atoms with Gasteiger partial charge in [-0.1, -0.05) is 0 Å². The largest absolute Gasteiger partial charge is 0.369 e. The molecule has 1 heterocycles. The van der Waals surface area contributed by atoms with Gasteiger partial charge in [0.1, 0.15) is 10.7 Å². The zero-order valence-corrected chi connectivity index (χ0v) is 13.0. The molecule has 0 amide bonds. The number of thioether (sulfide) groups is 1. The molecule has 1 aromatic heterocycles. The van der Waals surface area contributed by atoms with Crippen LogP contribution < -0.4 is 10.0 Å². The van der Waals surface area contributed by atoms with Gasteiger partial charge in [0.25, 0.3) is 0 Å². The van der Waals surface area contributed by atoms with Gasteiger partial charge in [-0.05, 0) is 43.9 Å². The molecule has 19 heavy (non-hydrogen) atoms. The van der Waals surface area contributed by atoms with Crippen molar-refractivity contribution >= 4 is 27.6 Å². The fraction of sp³-hybridized carbons (Fsp3) is 0.583. The fourth-order valence-corrected chi connectivity index (χ4v) is 3.26. The molecule has 0 bridgehead atoms. The first-order valence-corrected chi connectivity index (χ1v) is 9.17. The SMILES string of the molecule is CCNc1ncccc1S(=O)(=O)NCCCCSC. The van der Waals surface area contributed by atoms with Crippen LogP contribution in [0.2, 0.25) is 0 Å². The zero-order chi connectivity index (χ0) is 14.1. The van der Waals surface area contributed by atoms with E-state index in [1.165, 1.54) is 0 Å². The van der Waals surface area contributed by atoms with Crippen molar-refractivity contribution in [2.45, 2.75) is 24.7 Å². The highest BCUT2D eigenvalue weighted by molar-refractivity contribution is 7.98. The third-order valence-electron chi connectivity index (χ3n) is 2.47. The van der Waals surface area contributed by atoms with Crippen molar-refractivity contribution in [2.24, 2.45) is 0 Å². The minimum absolute atomic E-state index is 0.210. The first kappa shape index (κ1) is 16.3. The molecular formula is C12H21N3O2S2. The van der Waals surface area contributed by atoms with Crippen LogP contribution in [0.25, 0.3) is 0 Å². The molecule has 1 rings (SSSR count). The highest BCUT2D eigenvalue weighted by atomic mass is 32.2. The van der Waals surface area contributed by atoms with Gasteiger partial charge in [0, 0.05) is 19.3 Å². The second-order valence-electron chi connectivity index (χ2n) is 3.98. The van der Waals surface area contributed by atoms with Crippen LogP contribution in [-0.2, 0) is 10.0 Å². The molecule has 7 heteroatoms. The average Bonchev–Trinajstić information content (AvgIpc) is 2.39. The van der Waals surface area contributed by atoms with E-state index in [2.05, 4.69) is 15.0 Å². The number of hydrogen-bond acceptors (Lipinski definition) is 5. The molecule has 0 aliphatic carbocycles. The highest BCUT2D eigenvalue weighted by Gasteiger charge is 2.18. The van der Waals surface area contributed by atoms with E-state index in [-0.39, 0.29) is 4.90 Å². The molecule has 0 aliphatic heterocycles. The van der Waals surface area contributed by atoms with E-state index in [4.69, 9.17) is 0 Å². The molecule has 0 radical (unpaired) electrons. The summed E-state index contributed by atoms with van der Waals surface area (Å²) in [5, 5.41) is 2.96. The van der Waals surface area contributed by atoms with Crippen LogP contribution in [-0.4, -0.2) is 38.5 Å². The molecule has 0 fully saturated rings. The maximum atomic E-state index is 12.2. The van der Waals surface area contributed by atoms with Crippen LogP contribution in [0, 0.1) is 0 Å². The summed E-state index contributed by atoms with van der Waals surface area (Å²) in [5.41, 5.74) is 0. The lowest BCUT2D eigenvalue weighted by Gasteiger charge is -2.11. The maximum Gasteiger partial charge on any atom is 0.244 e. The van der Waals surface area contributed by atoms with Gasteiger partial charge in [-0.3, -0.25) is 0 Å². The van der Waals surface area contributed by atoms with E-state index in [1.807, 2.05) is 13.2 Å². The monoisotopic (exact) mass is 303 g/mol. The molecule has 2 N–H and O–H groups in total. The standard InChI is InChI=1S/C12H21N3O2S2/c1-3-13-12-11(7-6-8-14-12)19(16,17)15-9-4-5-10-18-2/h6-8,15H,3-5,9-10H2,1-2H3,(H,13,14). The summed E-state index contributed by atoms with van der Waals surface area (Å²) in [6.07, 6.45) is 5.48. The van der Waals surface area contributed by atoms with Crippen LogP contribution in [0.1, 0.15) is 19.8 Å². The maximum absolute atomic E-state index is 12.2. The highest BCUT2D eigenvalue weighted by Crippen LogP contribution is 2.17. The number of hydrogen-bond donors (Lipinski definition) is 2. The van der Waals surface area contributed by atoms with E-state index < -0.39 is 10.0 Å². The Kier molecular flexibility index (Phi) is 7.19. The van der Waals surface area contributed by atoms with Crippen LogP contribution in [0.15, 0.2) is 23.2 Å². The third-order valence-corrected chi connectivity index (χ3v) is 4.66. The lowest BCUT2D eigenvalue weighted by atomic mass is 10.3. The van der Waals surface area contributed by atoms with Crippen LogP contribution in [0.4, 0.5) is 5.82 Å². The van der Waals surface area contributed by atoms with Crippen molar-refractivity contribution in [1.82, 2.24) is 9.71 Å². The van der Waals surface area contributed by atoms with Crippen LogP contribution >= 0.6 is 11.8 Å². The Morgan fingerprint density at radius 1 is 1.37 bits per heavy atom. The van der Waals surface area contributed by atoms with Crippen LogP contribution in [0.5, 0.6) is 0 Å². The van der Waals surface area contributed by atoms with Crippen molar-refractivity contribution in [2.75, 3.05) is 30.4 Å². The lowest BCUT2D eigenvalue weighted by molar-refractivity contribution is 0.578. The lowest BCUT2D eigenvalue weighted by Crippen LogP contribution is -2.26. The number of sulfonamides is 1. The predicted octanol–water partition coefficient (Wildman–Crippen LogP) is 1.93. The van der Waals surface area contributed by atoms with Gasteiger partial charge in [-0.15, -0.1) is 0 Å². The summed E-state index contributed by atoms with van der Waals surface area (Å²) in [4.78, 5) is 4.27. The topological polar surface area (TPSA) is 71.1 Å². The van der Waals surface area contributed by atoms with Gasteiger partial charge < -0.3 is 5.32 Å². The Morgan fingerprint density at radius 2 is 2.16 bits per heavy atom. The molecule has 0 atom stereocenters. The molecule has 0 saturated carbocycles. The summed E-state index contributed by atoms with van der Waals surface area (Å²) in [5.74, 6) is 1.46. The summed E-state index contributed by atoms with van der Waals surface area (Å²) >= 11 is 1.77. The fourth-order valence-electron chi connectivity index (χ4n) is 1.56. The molecule has 5 nitrogen and oxygen atoms in total. The number of nitrogens with one attached hydrogen (secondary N) is 2. The van der Waals surface area contributed by atoms with E-state index in [0.717, 1.165) is 18.6 Å². The molecule has 0 spiro atoms. The zero-order valence-electron chi connectivity index (χ0n) is 11.3. The number of nitrogens with zero attached hydrogens (tertiary/aromatic N) is 1. The average molecular weight is 303 g/mol. The van der Waals surface area contributed by atoms with Gasteiger partial charge in [-0.2, -0.15) is 11.8 Å².